The van der Waals surface area contributed by atoms with Crippen LogP contribution >= 0.6 is 11.8 Å². The molecular weight excluding hydrogens is 257 g/mol. The van der Waals surface area contributed by atoms with E-state index in [0.29, 0.717) is 5.56 Å². The minimum absolute atomic E-state index is 0.0112. The fourth-order valence-electron chi connectivity index (χ4n) is 2.06. The lowest BCUT2D eigenvalue weighted by Gasteiger charge is -2.30. The van der Waals surface area contributed by atoms with Crippen LogP contribution < -0.4 is 4.84 Å². The maximum Gasteiger partial charge on any atom is 0.212 e. The molecule has 0 radical (unpaired) electrons. The van der Waals surface area contributed by atoms with E-state index in [1.807, 2.05) is 0 Å². The lowest BCUT2D eigenvalue weighted by molar-refractivity contribution is -0.121. The molecule has 94 valence electrons. The zero-order chi connectivity index (χ0) is 13.2. The van der Waals surface area contributed by atoms with Crippen LogP contribution in [0.25, 0.3) is 0 Å². The molecule has 2 rings (SSSR count). The third kappa shape index (κ3) is 2.05. The Hall–Kier alpha value is -1.65. The van der Waals surface area contributed by atoms with Crippen molar-refractivity contribution in [2.45, 2.75) is 5.41 Å². The van der Waals surface area contributed by atoms with Crippen LogP contribution in [0, 0.1) is 0 Å². The van der Waals surface area contributed by atoms with E-state index in [9.17, 15) is 14.3 Å². The molecule has 5 heteroatoms. The number of halogens is 2. The van der Waals surface area contributed by atoms with Crippen molar-refractivity contribution in [1.29, 1.82) is 0 Å². The van der Waals surface area contributed by atoms with Crippen molar-refractivity contribution in [3.63, 3.8) is 0 Å². The molecule has 0 saturated carbocycles. The number of Topliss-reactive ketones (excluding diaryl/α,β-unsaturated/α-hetero) is 1. The van der Waals surface area contributed by atoms with Gasteiger partial charge in [-0.2, -0.15) is 0 Å². The van der Waals surface area contributed by atoms with Crippen molar-refractivity contribution in [2.24, 2.45) is 0 Å². The molecule has 0 bridgehead atoms. The number of nitrogens with one attached hydrogen (secondary N) is 1. The zero-order valence-corrected chi connectivity index (χ0v) is 10.1. The van der Waals surface area contributed by atoms with Crippen molar-refractivity contribution in [3.8, 4) is 0 Å². The summed E-state index contributed by atoms with van der Waals surface area (Å²) in [5.41, 5.74) is -0.746. The second kappa shape index (κ2) is 4.92. The van der Waals surface area contributed by atoms with Gasteiger partial charge in [-0.05, 0) is 23.4 Å². The molecule has 1 aliphatic carbocycles. The van der Waals surface area contributed by atoms with E-state index in [1.54, 1.807) is 30.3 Å². The third-order valence-corrected chi connectivity index (χ3v) is 3.06. The normalized spacial score (nSPS) is 23.6. The lowest BCUT2D eigenvalue weighted by Crippen LogP contribution is -2.43. The predicted octanol–water partition coefficient (Wildman–Crippen LogP) is 2.55. The van der Waals surface area contributed by atoms with Crippen LogP contribution in [-0.4, -0.2) is 17.4 Å². The number of allylic oxidation sites excluding steroid dienone is 3. The quantitative estimate of drug-likeness (QED) is 0.828. The summed E-state index contributed by atoms with van der Waals surface area (Å²) in [5, 5.41) is 9.53. The van der Waals surface area contributed by atoms with Crippen LogP contribution in [0.3, 0.4) is 0 Å². The zero-order valence-electron chi connectivity index (χ0n) is 9.36. The van der Waals surface area contributed by atoms with Gasteiger partial charge in [-0.25, -0.2) is 9.23 Å². The molecule has 1 aliphatic rings. The van der Waals surface area contributed by atoms with Crippen molar-refractivity contribution in [2.75, 3.05) is 6.54 Å². The van der Waals surface area contributed by atoms with Gasteiger partial charge >= 0.3 is 0 Å². The van der Waals surface area contributed by atoms with Crippen molar-refractivity contribution < 1.29 is 14.3 Å². The van der Waals surface area contributed by atoms with Crippen LogP contribution in [0.4, 0.5) is 4.39 Å². The highest BCUT2D eigenvalue weighted by atomic mass is 35.5. The molecule has 0 aromatic heterocycles. The number of hydrogen-bond donors (Lipinski definition) is 2. The number of carbonyl (C=O) groups is 1. The summed E-state index contributed by atoms with van der Waals surface area (Å²) in [7, 11) is 0. The van der Waals surface area contributed by atoms with E-state index in [2.05, 4.69) is 4.84 Å². The molecule has 0 aliphatic heterocycles. The lowest BCUT2D eigenvalue weighted by atomic mass is 9.73. The monoisotopic (exact) mass is 267 g/mol. The number of benzene rings is 1. The Morgan fingerprint density at radius 3 is 2.61 bits per heavy atom. The second-order valence-electron chi connectivity index (χ2n) is 4.04. The van der Waals surface area contributed by atoms with Gasteiger partial charge in [0.05, 0.1) is 5.41 Å². The van der Waals surface area contributed by atoms with Crippen molar-refractivity contribution in [3.05, 3.63) is 59.6 Å². The Labute approximate surface area is 109 Å². The highest BCUT2D eigenvalue weighted by molar-refractivity contribution is 6.14. The van der Waals surface area contributed by atoms with Gasteiger partial charge < -0.3 is 5.11 Å². The van der Waals surface area contributed by atoms with Gasteiger partial charge in [0.15, 0.2) is 5.76 Å². The van der Waals surface area contributed by atoms with Crippen molar-refractivity contribution in [1.82, 2.24) is 4.84 Å². The Morgan fingerprint density at radius 1 is 1.33 bits per heavy atom. The van der Waals surface area contributed by atoms with E-state index in [4.69, 9.17) is 11.8 Å². The highest BCUT2D eigenvalue weighted by Crippen LogP contribution is 2.34. The first kappa shape index (κ1) is 12.8. The predicted molar refractivity (Wildman–Crippen MR) is 66.9 cm³/mol. The Balaban J connectivity index is 2.59. The standard InChI is InChI=1S/C13H11ClFNO2/c14-16-8-13(9-4-2-1-3-5-9)7-10(15)6-11(17)12(13)18/h1-7,16-17H,8H2/t13-/m0/s1. The summed E-state index contributed by atoms with van der Waals surface area (Å²) >= 11 is 5.48. The molecule has 0 amide bonds. The van der Waals surface area contributed by atoms with Gasteiger partial charge in [0.25, 0.3) is 0 Å². The number of rotatable bonds is 3. The van der Waals surface area contributed by atoms with Gasteiger partial charge in [0.2, 0.25) is 5.78 Å². The van der Waals surface area contributed by atoms with Gasteiger partial charge in [0, 0.05) is 12.6 Å². The van der Waals surface area contributed by atoms with E-state index < -0.39 is 22.8 Å². The first-order chi connectivity index (χ1) is 8.60. The molecule has 0 unspecified atom stereocenters. The summed E-state index contributed by atoms with van der Waals surface area (Å²) in [6, 6.07) is 8.64. The number of carbonyl (C=O) groups excluding carboxylic acids is 1. The van der Waals surface area contributed by atoms with Gasteiger partial charge in [-0.3, -0.25) is 4.79 Å². The third-order valence-electron chi connectivity index (χ3n) is 2.93. The van der Waals surface area contributed by atoms with E-state index >= 15 is 0 Å². The minimum Gasteiger partial charge on any atom is -0.504 e. The molecule has 1 aromatic rings. The van der Waals surface area contributed by atoms with Crippen LogP contribution in [0.5, 0.6) is 0 Å². The van der Waals surface area contributed by atoms with Crippen molar-refractivity contribution >= 4 is 17.6 Å². The minimum atomic E-state index is -1.31. The van der Waals surface area contributed by atoms with Crippen LogP contribution in [0.2, 0.25) is 0 Å². The largest absolute Gasteiger partial charge is 0.504 e. The number of ketones is 1. The Kier molecular flexibility index (Phi) is 3.50. The summed E-state index contributed by atoms with van der Waals surface area (Å²) in [6.07, 6.45) is 1.97. The van der Waals surface area contributed by atoms with Crippen LogP contribution in [-0.2, 0) is 10.2 Å². The molecule has 18 heavy (non-hydrogen) atoms. The van der Waals surface area contributed by atoms with E-state index in [0.717, 1.165) is 6.08 Å². The Morgan fingerprint density at radius 2 is 2.00 bits per heavy atom. The Bertz CT molecular complexity index is 527. The van der Waals surface area contributed by atoms with E-state index in [1.165, 1.54) is 6.08 Å². The topological polar surface area (TPSA) is 49.3 Å². The van der Waals surface area contributed by atoms with Gasteiger partial charge in [0.1, 0.15) is 5.83 Å². The summed E-state index contributed by atoms with van der Waals surface area (Å²) in [5.74, 6) is -1.85. The molecule has 3 nitrogen and oxygen atoms in total. The average Bonchev–Trinajstić information content (AvgIpc) is 2.36. The second-order valence-corrected chi connectivity index (χ2v) is 4.30. The number of hydrogen-bond acceptors (Lipinski definition) is 3. The summed E-state index contributed by atoms with van der Waals surface area (Å²) < 4.78 is 13.5. The van der Waals surface area contributed by atoms with Crippen LogP contribution in [0.1, 0.15) is 5.56 Å². The summed E-state index contributed by atoms with van der Waals surface area (Å²) in [6.45, 7) is -0.0112. The smallest absolute Gasteiger partial charge is 0.212 e. The highest BCUT2D eigenvalue weighted by Gasteiger charge is 2.42. The molecule has 0 fully saturated rings. The number of aliphatic hydroxyl groups excluding tert-OH is 1. The average molecular weight is 268 g/mol. The number of aliphatic hydroxyl groups is 1. The maximum absolute atomic E-state index is 13.5. The molecule has 2 N–H and O–H groups in total. The first-order valence-corrected chi connectivity index (χ1v) is 5.71. The first-order valence-electron chi connectivity index (χ1n) is 5.33. The van der Waals surface area contributed by atoms with Gasteiger partial charge in [-0.15, -0.1) is 0 Å². The SMILES string of the molecule is O=C1C(O)=CC(F)=C[C@]1(CNCl)c1ccccc1. The van der Waals surface area contributed by atoms with E-state index in [-0.39, 0.29) is 6.54 Å². The fraction of sp³-hybridized carbons (Fsp3) is 0.154. The fourth-order valence-corrected chi connectivity index (χ4v) is 2.27. The molecule has 0 spiro atoms. The molecule has 0 saturated heterocycles. The molecule has 1 atom stereocenters. The molecule has 0 heterocycles. The molecular formula is C13H11ClFNO2. The summed E-state index contributed by atoms with van der Waals surface area (Å²) in [4.78, 5) is 14.5. The van der Waals surface area contributed by atoms with Gasteiger partial charge in [-0.1, -0.05) is 30.3 Å². The molecule has 1 aromatic carbocycles. The maximum atomic E-state index is 13.5. The van der Waals surface area contributed by atoms with Crippen LogP contribution in [0.15, 0.2) is 54.1 Å².